The number of aromatic nitrogens is 3. The molecule has 1 aromatic heterocycles. The molecule has 0 spiro atoms. The molecule has 0 saturated carbocycles. The number of benzene rings is 1. The van der Waals surface area contributed by atoms with Crippen molar-refractivity contribution < 1.29 is 4.74 Å². The molecule has 9 nitrogen and oxygen atoms in total. The van der Waals surface area contributed by atoms with Gasteiger partial charge in [-0.2, -0.15) is 0 Å². The van der Waals surface area contributed by atoms with E-state index in [1.54, 1.807) is 7.11 Å². The molecule has 0 aliphatic carbocycles. The van der Waals surface area contributed by atoms with Crippen LogP contribution in [0.3, 0.4) is 0 Å². The Morgan fingerprint density at radius 3 is 2.64 bits per heavy atom. The van der Waals surface area contributed by atoms with Crippen molar-refractivity contribution in [3.8, 4) is 5.75 Å². The fourth-order valence-electron chi connectivity index (χ4n) is 3.36. The van der Waals surface area contributed by atoms with Crippen LogP contribution in [0.25, 0.3) is 0 Å². The highest BCUT2D eigenvalue weighted by molar-refractivity contribution is 5.58. The summed E-state index contributed by atoms with van der Waals surface area (Å²) in [6.07, 6.45) is 1.96. The number of para-hydroxylation sites is 2. The first-order valence-electron chi connectivity index (χ1n) is 9.60. The Morgan fingerprint density at radius 1 is 1.14 bits per heavy atom. The van der Waals surface area contributed by atoms with Crippen LogP contribution < -0.4 is 26.2 Å². The first-order chi connectivity index (χ1) is 13.6. The van der Waals surface area contributed by atoms with E-state index in [-0.39, 0.29) is 5.82 Å². The Labute approximate surface area is 163 Å². The molecule has 0 bridgehead atoms. The van der Waals surface area contributed by atoms with E-state index in [0.717, 1.165) is 61.6 Å². The summed E-state index contributed by atoms with van der Waals surface area (Å²) < 4.78 is 6.48. The third-order valence-corrected chi connectivity index (χ3v) is 5.07. The van der Waals surface area contributed by atoms with Crippen LogP contribution >= 0.6 is 0 Å². The van der Waals surface area contributed by atoms with Crippen molar-refractivity contribution >= 4 is 11.5 Å². The molecular formula is C19H28N6O3. The van der Waals surface area contributed by atoms with Gasteiger partial charge in [0.25, 0.3) is 5.56 Å². The topological polar surface area (TPSA) is 95.5 Å². The number of rotatable bonds is 8. The molecule has 0 atom stereocenters. The summed E-state index contributed by atoms with van der Waals surface area (Å²) in [6, 6.07) is 8.14. The highest BCUT2D eigenvalue weighted by atomic mass is 16.5. The van der Waals surface area contributed by atoms with Crippen LogP contribution in [0.5, 0.6) is 5.75 Å². The molecule has 9 heteroatoms. The van der Waals surface area contributed by atoms with Crippen LogP contribution in [0, 0.1) is 0 Å². The number of nitrogens with one attached hydrogen (secondary N) is 2. The molecule has 2 heterocycles. The van der Waals surface area contributed by atoms with Gasteiger partial charge < -0.3 is 15.0 Å². The molecule has 0 amide bonds. The number of hydrogen-bond donors (Lipinski definition) is 2. The summed E-state index contributed by atoms with van der Waals surface area (Å²) in [5.74, 6) is 1.11. The third-order valence-electron chi connectivity index (χ3n) is 5.07. The summed E-state index contributed by atoms with van der Waals surface area (Å²) in [4.78, 5) is 28.0. The second-order valence-electron chi connectivity index (χ2n) is 6.88. The number of H-pyrrole nitrogens is 1. The zero-order valence-electron chi connectivity index (χ0n) is 16.5. The second-order valence-corrected chi connectivity index (χ2v) is 6.88. The van der Waals surface area contributed by atoms with Gasteiger partial charge >= 0.3 is 5.69 Å². The minimum Gasteiger partial charge on any atom is -0.495 e. The molecule has 1 aliphatic heterocycles. The van der Waals surface area contributed by atoms with Crippen molar-refractivity contribution in [3.63, 3.8) is 0 Å². The van der Waals surface area contributed by atoms with Crippen LogP contribution in [0.15, 0.2) is 33.9 Å². The SMILES string of the molecule is COc1ccccc1N1CCN(CCCCNc2n[nH]c(=O)n(C)c2=O)CC1. The van der Waals surface area contributed by atoms with Gasteiger partial charge in [0, 0.05) is 39.8 Å². The highest BCUT2D eigenvalue weighted by Crippen LogP contribution is 2.28. The number of hydrogen-bond acceptors (Lipinski definition) is 7. The molecule has 1 fully saturated rings. The fraction of sp³-hybridized carbons (Fsp3) is 0.526. The Morgan fingerprint density at radius 2 is 1.89 bits per heavy atom. The maximum atomic E-state index is 11.9. The molecule has 152 valence electrons. The first kappa shape index (κ1) is 19.9. The minimum atomic E-state index is -0.511. The van der Waals surface area contributed by atoms with Gasteiger partial charge in [-0.25, -0.2) is 9.89 Å². The maximum Gasteiger partial charge on any atom is 0.344 e. The lowest BCUT2D eigenvalue weighted by Gasteiger charge is -2.36. The van der Waals surface area contributed by atoms with E-state index in [2.05, 4.69) is 31.4 Å². The monoisotopic (exact) mass is 388 g/mol. The van der Waals surface area contributed by atoms with Gasteiger partial charge in [-0.3, -0.25) is 14.3 Å². The summed E-state index contributed by atoms with van der Waals surface area (Å²) in [5, 5.41) is 9.07. The average Bonchev–Trinajstić information content (AvgIpc) is 2.73. The van der Waals surface area contributed by atoms with Crippen molar-refractivity contribution in [2.45, 2.75) is 12.8 Å². The van der Waals surface area contributed by atoms with Gasteiger partial charge in [0.05, 0.1) is 12.8 Å². The van der Waals surface area contributed by atoms with E-state index in [9.17, 15) is 9.59 Å². The summed E-state index contributed by atoms with van der Waals surface area (Å²) in [6.45, 7) is 5.68. The summed E-state index contributed by atoms with van der Waals surface area (Å²) >= 11 is 0. The van der Waals surface area contributed by atoms with Crippen LogP contribution in [0.2, 0.25) is 0 Å². The van der Waals surface area contributed by atoms with Gasteiger partial charge in [0.2, 0.25) is 5.82 Å². The van der Waals surface area contributed by atoms with Crippen molar-refractivity contribution in [1.82, 2.24) is 19.7 Å². The van der Waals surface area contributed by atoms with Crippen LogP contribution in [0.1, 0.15) is 12.8 Å². The molecule has 2 N–H and O–H groups in total. The molecule has 28 heavy (non-hydrogen) atoms. The lowest BCUT2D eigenvalue weighted by Crippen LogP contribution is -2.46. The van der Waals surface area contributed by atoms with E-state index in [1.807, 2.05) is 18.2 Å². The number of ether oxygens (including phenoxy) is 1. The van der Waals surface area contributed by atoms with Crippen molar-refractivity contribution in [2.24, 2.45) is 7.05 Å². The van der Waals surface area contributed by atoms with E-state index < -0.39 is 11.2 Å². The smallest absolute Gasteiger partial charge is 0.344 e. The number of anilines is 2. The number of piperazine rings is 1. The molecule has 0 radical (unpaired) electrons. The largest absolute Gasteiger partial charge is 0.495 e. The number of unbranched alkanes of at least 4 members (excludes halogenated alkanes) is 1. The van der Waals surface area contributed by atoms with Gasteiger partial charge in [-0.05, 0) is 31.5 Å². The lowest BCUT2D eigenvalue weighted by molar-refractivity contribution is 0.253. The van der Waals surface area contributed by atoms with Crippen molar-refractivity contribution in [3.05, 3.63) is 45.1 Å². The maximum absolute atomic E-state index is 11.9. The summed E-state index contributed by atoms with van der Waals surface area (Å²) in [5.41, 5.74) is 0.239. The van der Waals surface area contributed by atoms with E-state index in [0.29, 0.717) is 6.54 Å². The first-order valence-corrected chi connectivity index (χ1v) is 9.60. The fourth-order valence-corrected chi connectivity index (χ4v) is 3.36. The zero-order chi connectivity index (χ0) is 19.9. The Balaban J connectivity index is 1.38. The highest BCUT2D eigenvalue weighted by Gasteiger charge is 2.19. The van der Waals surface area contributed by atoms with Gasteiger partial charge in [0.15, 0.2) is 0 Å². The molecule has 1 saturated heterocycles. The zero-order valence-corrected chi connectivity index (χ0v) is 16.5. The molecule has 2 aromatic rings. The van der Waals surface area contributed by atoms with Crippen LogP contribution in [-0.4, -0.2) is 66.0 Å². The number of nitrogens with zero attached hydrogens (tertiary/aromatic N) is 4. The van der Waals surface area contributed by atoms with E-state index in [1.165, 1.54) is 7.05 Å². The van der Waals surface area contributed by atoms with Crippen LogP contribution in [-0.2, 0) is 7.05 Å². The lowest BCUT2D eigenvalue weighted by atomic mass is 10.2. The summed E-state index contributed by atoms with van der Waals surface area (Å²) in [7, 11) is 3.14. The Hall–Kier alpha value is -2.81. The Kier molecular flexibility index (Phi) is 6.70. The standard InChI is InChI=1S/C19H28N6O3/c1-23-18(26)17(21-22-19(23)27)20-9-5-6-10-24-11-13-25(14-12-24)15-7-3-4-8-16(15)28-2/h3-4,7-8H,5-6,9-14H2,1-2H3,(H,20,21)(H,22,27). The Bertz CT molecular complexity index is 886. The molecule has 1 aromatic carbocycles. The van der Waals surface area contributed by atoms with Gasteiger partial charge in [-0.1, -0.05) is 12.1 Å². The molecule has 3 rings (SSSR count). The molecule has 1 aliphatic rings. The molecular weight excluding hydrogens is 360 g/mol. The normalized spacial score (nSPS) is 14.9. The predicted molar refractivity (Wildman–Crippen MR) is 109 cm³/mol. The van der Waals surface area contributed by atoms with Crippen molar-refractivity contribution in [2.75, 3.05) is 56.6 Å². The van der Waals surface area contributed by atoms with Crippen molar-refractivity contribution in [1.29, 1.82) is 0 Å². The second kappa shape index (κ2) is 9.41. The average molecular weight is 388 g/mol. The van der Waals surface area contributed by atoms with Gasteiger partial charge in [0.1, 0.15) is 5.75 Å². The van der Waals surface area contributed by atoms with Gasteiger partial charge in [-0.15, -0.1) is 5.10 Å². The predicted octanol–water partition coefficient (Wildman–Crippen LogP) is 0.492. The third kappa shape index (κ3) is 4.72. The number of methoxy groups -OCH3 is 1. The number of aromatic amines is 1. The van der Waals surface area contributed by atoms with E-state index >= 15 is 0 Å². The minimum absolute atomic E-state index is 0.188. The molecule has 0 unspecified atom stereocenters. The quantitative estimate of drug-likeness (QED) is 0.636. The van der Waals surface area contributed by atoms with E-state index in [4.69, 9.17) is 4.74 Å². The van der Waals surface area contributed by atoms with Crippen LogP contribution in [0.4, 0.5) is 11.5 Å².